The fourth-order valence-electron chi connectivity index (χ4n) is 1.38. The van der Waals surface area contributed by atoms with Crippen molar-refractivity contribution in [1.82, 2.24) is 0 Å². The first-order valence-corrected chi connectivity index (χ1v) is 5.76. The lowest BCUT2D eigenvalue weighted by Crippen LogP contribution is -2.30. The van der Waals surface area contributed by atoms with Crippen molar-refractivity contribution in [2.45, 2.75) is 25.8 Å². The van der Waals surface area contributed by atoms with E-state index in [1.807, 2.05) is 13.0 Å². The zero-order valence-corrected chi connectivity index (χ0v) is 10.4. The summed E-state index contributed by atoms with van der Waals surface area (Å²) in [6.07, 6.45) is 1.01. The highest BCUT2D eigenvalue weighted by atomic mass is 35.5. The molecule has 0 spiro atoms. The Labute approximate surface area is 105 Å². The second-order valence-electron chi connectivity index (χ2n) is 3.85. The van der Waals surface area contributed by atoms with E-state index in [2.05, 4.69) is 0 Å². The van der Waals surface area contributed by atoms with Gasteiger partial charge in [0.1, 0.15) is 11.8 Å². The predicted octanol–water partition coefficient (Wildman–Crippen LogP) is 2.22. The van der Waals surface area contributed by atoms with Crippen LogP contribution in [-0.2, 0) is 4.79 Å². The van der Waals surface area contributed by atoms with Crippen molar-refractivity contribution in [2.75, 3.05) is 6.61 Å². The maximum atomic E-state index is 10.5. The van der Waals surface area contributed by atoms with Crippen molar-refractivity contribution in [3.05, 3.63) is 28.8 Å². The largest absolute Gasteiger partial charge is 0.493 e. The van der Waals surface area contributed by atoms with Gasteiger partial charge in [-0.05, 0) is 43.5 Å². The van der Waals surface area contributed by atoms with Crippen LogP contribution in [0.4, 0.5) is 0 Å². The van der Waals surface area contributed by atoms with Crippen molar-refractivity contribution in [3.8, 4) is 5.75 Å². The molecule has 1 unspecified atom stereocenters. The number of rotatable bonds is 6. The Morgan fingerprint density at radius 3 is 2.88 bits per heavy atom. The summed E-state index contributed by atoms with van der Waals surface area (Å²) in [6, 6.07) is 4.56. The van der Waals surface area contributed by atoms with E-state index in [0.29, 0.717) is 24.5 Å². The molecule has 0 bridgehead atoms. The van der Waals surface area contributed by atoms with Gasteiger partial charge in [0.25, 0.3) is 0 Å². The van der Waals surface area contributed by atoms with E-state index < -0.39 is 12.0 Å². The molecule has 1 aromatic carbocycles. The average molecular weight is 258 g/mol. The summed E-state index contributed by atoms with van der Waals surface area (Å²) in [5.41, 5.74) is 6.33. The highest BCUT2D eigenvalue weighted by molar-refractivity contribution is 6.30. The van der Waals surface area contributed by atoms with Crippen LogP contribution in [0.2, 0.25) is 5.02 Å². The Balaban J connectivity index is 2.34. The number of hydrogen-bond donors (Lipinski definition) is 2. The first-order valence-electron chi connectivity index (χ1n) is 5.38. The van der Waals surface area contributed by atoms with Crippen LogP contribution >= 0.6 is 11.6 Å². The second-order valence-corrected chi connectivity index (χ2v) is 4.28. The normalized spacial score (nSPS) is 12.2. The third-order valence-corrected chi connectivity index (χ3v) is 2.61. The van der Waals surface area contributed by atoms with Gasteiger partial charge in [0, 0.05) is 5.02 Å². The number of nitrogens with two attached hydrogens (primary N) is 1. The third kappa shape index (κ3) is 4.63. The van der Waals surface area contributed by atoms with Crippen LogP contribution in [0, 0.1) is 6.92 Å². The third-order valence-electron chi connectivity index (χ3n) is 2.37. The molecule has 0 fully saturated rings. The minimum Gasteiger partial charge on any atom is -0.493 e. The van der Waals surface area contributed by atoms with Crippen LogP contribution in [0.1, 0.15) is 18.4 Å². The molecule has 3 N–H and O–H groups in total. The maximum absolute atomic E-state index is 10.5. The number of halogens is 1. The molecule has 5 heteroatoms. The van der Waals surface area contributed by atoms with E-state index in [9.17, 15) is 4.79 Å². The highest BCUT2D eigenvalue weighted by Crippen LogP contribution is 2.21. The number of aliphatic carboxylic acids is 1. The van der Waals surface area contributed by atoms with Crippen LogP contribution < -0.4 is 10.5 Å². The van der Waals surface area contributed by atoms with Crippen LogP contribution in [0.5, 0.6) is 5.75 Å². The van der Waals surface area contributed by atoms with E-state index in [4.69, 9.17) is 27.2 Å². The SMILES string of the molecule is Cc1cc(Cl)ccc1OCCCC(N)C(=O)O. The Morgan fingerprint density at radius 1 is 1.59 bits per heavy atom. The standard InChI is InChI=1S/C12H16ClNO3/c1-8-7-9(13)4-5-11(8)17-6-2-3-10(14)12(15)16/h4-5,7,10H,2-3,6,14H2,1H3,(H,15,16). The lowest BCUT2D eigenvalue weighted by atomic mass is 10.2. The van der Waals surface area contributed by atoms with E-state index in [-0.39, 0.29) is 0 Å². The second kappa shape index (κ2) is 6.47. The Hall–Kier alpha value is -1.26. The van der Waals surface area contributed by atoms with Crippen molar-refractivity contribution >= 4 is 17.6 Å². The molecule has 0 radical (unpaired) electrons. The van der Waals surface area contributed by atoms with E-state index in [0.717, 1.165) is 11.3 Å². The number of benzene rings is 1. The molecular weight excluding hydrogens is 242 g/mol. The molecule has 0 heterocycles. The zero-order chi connectivity index (χ0) is 12.8. The number of carbonyl (C=O) groups is 1. The summed E-state index contributed by atoms with van der Waals surface area (Å²) >= 11 is 5.82. The van der Waals surface area contributed by atoms with Gasteiger partial charge >= 0.3 is 5.97 Å². The monoisotopic (exact) mass is 257 g/mol. The topological polar surface area (TPSA) is 72.5 Å². The molecule has 94 valence electrons. The van der Waals surface area contributed by atoms with Gasteiger partial charge in [0.2, 0.25) is 0 Å². The van der Waals surface area contributed by atoms with Crippen molar-refractivity contribution in [2.24, 2.45) is 5.73 Å². The molecule has 0 aliphatic rings. The molecule has 17 heavy (non-hydrogen) atoms. The van der Waals surface area contributed by atoms with Crippen LogP contribution in [0.25, 0.3) is 0 Å². The van der Waals surface area contributed by atoms with Crippen LogP contribution in [-0.4, -0.2) is 23.7 Å². The lowest BCUT2D eigenvalue weighted by molar-refractivity contribution is -0.138. The molecule has 0 aliphatic heterocycles. The molecule has 0 saturated carbocycles. The summed E-state index contributed by atoms with van der Waals surface area (Å²) in [5, 5.41) is 9.26. The van der Waals surface area contributed by atoms with Gasteiger partial charge < -0.3 is 15.6 Å². The Kier molecular flexibility index (Phi) is 5.25. The van der Waals surface area contributed by atoms with Crippen molar-refractivity contribution in [1.29, 1.82) is 0 Å². The lowest BCUT2D eigenvalue weighted by Gasteiger charge is -2.10. The maximum Gasteiger partial charge on any atom is 0.320 e. The summed E-state index contributed by atoms with van der Waals surface area (Å²) in [7, 11) is 0. The average Bonchev–Trinajstić information content (AvgIpc) is 2.26. The molecule has 0 aromatic heterocycles. The summed E-state index contributed by atoms with van der Waals surface area (Å²) < 4.78 is 5.51. The number of carboxylic acids is 1. The number of hydrogen-bond acceptors (Lipinski definition) is 3. The minimum atomic E-state index is -0.979. The van der Waals surface area contributed by atoms with E-state index in [1.54, 1.807) is 12.1 Å². The van der Waals surface area contributed by atoms with Gasteiger partial charge in [0.05, 0.1) is 6.61 Å². The van der Waals surface area contributed by atoms with Gasteiger partial charge in [-0.25, -0.2) is 0 Å². The molecule has 1 rings (SSSR count). The smallest absolute Gasteiger partial charge is 0.320 e. The first kappa shape index (κ1) is 13.8. The highest BCUT2D eigenvalue weighted by Gasteiger charge is 2.10. The van der Waals surface area contributed by atoms with Gasteiger partial charge in [-0.15, -0.1) is 0 Å². The minimum absolute atomic E-state index is 0.405. The van der Waals surface area contributed by atoms with Crippen molar-refractivity contribution in [3.63, 3.8) is 0 Å². The molecular formula is C12H16ClNO3. The fourth-order valence-corrected chi connectivity index (χ4v) is 1.61. The van der Waals surface area contributed by atoms with Gasteiger partial charge in [-0.2, -0.15) is 0 Å². The molecule has 1 aromatic rings. The Morgan fingerprint density at radius 2 is 2.29 bits per heavy atom. The fraction of sp³-hybridized carbons (Fsp3) is 0.417. The number of ether oxygens (including phenoxy) is 1. The predicted molar refractivity (Wildman–Crippen MR) is 66.5 cm³/mol. The van der Waals surface area contributed by atoms with Crippen LogP contribution in [0.3, 0.4) is 0 Å². The number of carboxylic acid groups (broad SMARTS) is 1. The van der Waals surface area contributed by atoms with E-state index in [1.165, 1.54) is 0 Å². The molecule has 1 atom stereocenters. The molecule has 0 amide bonds. The van der Waals surface area contributed by atoms with Gasteiger partial charge in [0.15, 0.2) is 0 Å². The molecule has 4 nitrogen and oxygen atoms in total. The van der Waals surface area contributed by atoms with E-state index >= 15 is 0 Å². The quantitative estimate of drug-likeness (QED) is 0.767. The van der Waals surface area contributed by atoms with Gasteiger partial charge in [-0.1, -0.05) is 11.6 Å². The first-order chi connectivity index (χ1) is 8.00. The summed E-state index contributed by atoms with van der Waals surface area (Å²) in [5.74, 6) is -0.217. The summed E-state index contributed by atoms with van der Waals surface area (Å²) in [6.45, 7) is 2.35. The Bertz CT molecular complexity index is 395. The molecule has 0 saturated heterocycles. The van der Waals surface area contributed by atoms with Crippen LogP contribution in [0.15, 0.2) is 18.2 Å². The zero-order valence-electron chi connectivity index (χ0n) is 9.65. The molecule has 0 aliphatic carbocycles. The summed E-state index contributed by atoms with van der Waals surface area (Å²) in [4.78, 5) is 10.5. The van der Waals surface area contributed by atoms with Crippen molar-refractivity contribution < 1.29 is 14.6 Å². The number of aryl methyl sites for hydroxylation is 1. The van der Waals surface area contributed by atoms with Gasteiger partial charge in [-0.3, -0.25) is 4.79 Å².